The second-order valence-electron chi connectivity index (χ2n) is 4.43. The SMILES string of the molecule is O=C(Nc1ccccc1)N1CCC[C@H](CO)C1. The Morgan fingerprint density at radius 2 is 2.18 bits per heavy atom. The normalized spacial score (nSPS) is 20.1. The van der Waals surface area contributed by atoms with E-state index < -0.39 is 0 Å². The molecule has 92 valence electrons. The van der Waals surface area contributed by atoms with Crippen molar-refractivity contribution < 1.29 is 9.90 Å². The van der Waals surface area contributed by atoms with Crippen LogP contribution in [0.25, 0.3) is 0 Å². The van der Waals surface area contributed by atoms with E-state index in [0.717, 1.165) is 25.1 Å². The molecular weight excluding hydrogens is 216 g/mol. The fourth-order valence-corrected chi connectivity index (χ4v) is 2.12. The average molecular weight is 234 g/mol. The minimum absolute atomic E-state index is 0.0747. The first-order valence-corrected chi connectivity index (χ1v) is 6.01. The molecule has 0 saturated carbocycles. The van der Waals surface area contributed by atoms with E-state index in [9.17, 15) is 4.79 Å². The van der Waals surface area contributed by atoms with E-state index in [-0.39, 0.29) is 18.6 Å². The van der Waals surface area contributed by atoms with Crippen molar-refractivity contribution in [3.8, 4) is 0 Å². The lowest BCUT2D eigenvalue weighted by atomic mass is 9.99. The summed E-state index contributed by atoms with van der Waals surface area (Å²) in [5, 5.41) is 12.0. The molecule has 1 aliphatic heterocycles. The third kappa shape index (κ3) is 3.20. The van der Waals surface area contributed by atoms with Gasteiger partial charge >= 0.3 is 6.03 Å². The lowest BCUT2D eigenvalue weighted by Gasteiger charge is -2.31. The fourth-order valence-electron chi connectivity index (χ4n) is 2.12. The molecule has 1 heterocycles. The number of carbonyl (C=O) groups is 1. The Morgan fingerprint density at radius 3 is 2.88 bits per heavy atom. The molecule has 0 radical (unpaired) electrons. The Hall–Kier alpha value is -1.55. The van der Waals surface area contributed by atoms with Crippen LogP contribution in [0, 0.1) is 5.92 Å². The molecule has 17 heavy (non-hydrogen) atoms. The number of anilines is 1. The molecule has 4 nitrogen and oxygen atoms in total. The number of hydrogen-bond donors (Lipinski definition) is 2. The van der Waals surface area contributed by atoms with Crippen LogP contribution in [-0.4, -0.2) is 35.7 Å². The topological polar surface area (TPSA) is 52.6 Å². The molecule has 0 aromatic heterocycles. The molecule has 0 bridgehead atoms. The van der Waals surface area contributed by atoms with E-state index >= 15 is 0 Å². The van der Waals surface area contributed by atoms with Crippen molar-refractivity contribution >= 4 is 11.7 Å². The van der Waals surface area contributed by atoms with Crippen molar-refractivity contribution in [2.45, 2.75) is 12.8 Å². The molecule has 2 N–H and O–H groups in total. The van der Waals surface area contributed by atoms with Crippen molar-refractivity contribution in [1.29, 1.82) is 0 Å². The Balaban J connectivity index is 1.91. The van der Waals surface area contributed by atoms with E-state index in [1.54, 1.807) is 4.90 Å². The number of aliphatic hydroxyl groups is 1. The Bertz CT molecular complexity index is 367. The van der Waals surface area contributed by atoms with Crippen molar-refractivity contribution in [3.63, 3.8) is 0 Å². The number of carbonyl (C=O) groups excluding carboxylic acids is 1. The summed E-state index contributed by atoms with van der Waals surface area (Å²) in [6, 6.07) is 9.36. The summed E-state index contributed by atoms with van der Waals surface area (Å²) in [7, 11) is 0. The number of benzene rings is 1. The average Bonchev–Trinajstić information content (AvgIpc) is 2.40. The smallest absolute Gasteiger partial charge is 0.321 e. The number of likely N-dealkylation sites (tertiary alicyclic amines) is 1. The Morgan fingerprint density at radius 1 is 1.41 bits per heavy atom. The molecule has 2 amide bonds. The van der Waals surface area contributed by atoms with Gasteiger partial charge in [-0.25, -0.2) is 4.79 Å². The number of aliphatic hydroxyl groups excluding tert-OH is 1. The van der Waals surface area contributed by atoms with E-state index in [2.05, 4.69) is 5.32 Å². The zero-order chi connectivity index (χ0) is 12.1. The number of urea groups is 1. The van der Waals surface area contributed by atoms with Gasteiger partial charge in [0.05, 0.1) is 0 Å². The van der Waals surface area contributed by atoms with Crippen LogP contribution in [-0.2, 0) is 0 Å². The number of rotatable bonds is 2. The highest BCUT2D eigenvalue weighted by molar-refractivity contribution is 5.89. The van der Waals surface area contributed by atoms with Gasteiger partial charge in [-0.15, -0.1) is 0 Å². The molecule has 1 saturated heterocycles. The largest absolute Gasteiger partial charge is 0.396 e. The van der Waals surface area contributed by atoms with Gasteiger partial charge in [0.2, 0.25) is 0 Å². The first-order chi connectivity index (χ1) is 8.29. The van der Waals surface area contributed by atoms with E-state index in [1.165, 1.54) is 0 Å². The van der Waals surface area contributed by atoms with Crippen LogP contribution < -0.4 is 5.32 Å². The highest BCUT2D eigenvalue weighted by Gasteiger charge is 2.22. The minimum Gasteiger partial charge on any atom is -0.396 e. The van der Waals surface area contributed by atoms with Gasteiger partial charge in [-0.3, -0.25) is 0 Å². The first-order valence-electron chi connectivity index (χ1n) is 6.01. The predicted octanol–water partition coefficient (Wildman–Crippen LogP) is 1.92. The third-order valence-corrected chi connectivity index (χ3v) is 3.09. The molecule has 4 heteroatoms. The summed E-state index contributed by atoms with van der Waals surface area (Å²) in [4.78, 5) is 13.7. The van der Waals surface area contributed by atoms with Gasteiger partial charge in [0, 0.05) is 25.4 Å². The summed E-state index contributed by atoms with van der Waals surface area (Å²) < 4.78 is 0. The zero-order valence-corrected chi connectivity index (χ0v) is 9.80. The van der Waals surface area contributed by atoms with Crippen LogP contribution in [0.4, 0.5) is 10.5 Å². The molecular formula is C13H18N2O2. The van der Waals surface area contributed by atoms with Crippen LogP contribution in [0.3, 0.4) is 0 Å². The standard InChI is InChI=1S/C13H18N2O2/c16-10-11-5-4-8-15(9-11)13(17)14-12-6-2-1-3-7-12/h1-3,6-7,11,16H,4-5,8-10H2,(H,14,17)/t11-/m0/s1. The van der Waals surface area contributed by atoms with E-state index in [4.69, 9.17) is 5.11 Å². The maximum atomic E-state index is 12.0. The van der Waals surface area contributed by atoms with Crippen LogP contribution >= 0.6 is 0 Å². The number of para-hydroxylation sites is 1. The molecule has 1 fully saturated rings. The van der Waals surface area contributed by atoms with Crippen molar-refractivity contribution in [3.05, 3.63) is 30.3 Å². The van der Waals surface area contributed by atoms with Gasteiger partial charge in [0.25, 0.3) is 0 Å². The molecule has 1 aromatic carbocycles. The van der Waals surface area contributed by atoms with Gasteiger partial charge in [-0.05, 0) is 30.9 Å². The van der Waals surface area contributed by atoms with Crippen LogP contribution in [0.1, 0.15) is 12.8 Å². The molecule has 0 unspecified atom stereocenters. The third-order valence-electron chi connectivity index (χ3n) is 3.09. The van der Waals surface area contributed by atoms with Crippen LogP contribution in [0.15, 0.2) is 30.3 Å². The molecule has 1 aliphatic rings. The van der Waals surface area contributed by atoms with Crippen LogP contribution in [0.5, 0.6) is 0 Å². The fraction of sp³-hybridized carbons (Fsp3) is 0.462. The van der Waals surface area contributed by atoms with Crippen molar-refractivity contribution in [1.82, 2.24) is 4.90 Å². The number of piperidine rings is 1. The van der Waals surface area contributed by atoms with Crippen LogP contribution in [0.2, 0.25) is 0 Å². The van der Waals surface area contributed by atoms with E-state index in [1.807, 2.05) is 30.3 Å². The molecule has 0 aliphatic carbocycles. The number of nitrogens with one attached hydrogen (secondary N) is 1. The zero-order valence-electron chi connectivity index (χ0n) is 9.80. The Kier molecular flexibility index (Phi) is 3.98. The van der Waals surface area contributed by atoms with Gasteiger partial charge in [0.1, 0.15) is 0 Å². The molecule has 0 spiro atoms. The maximum Gasteiger partial charge on any atom is 0.321 e. The minimum atomic E-state index is -0.0747. The van der Waals surface area contributed by atoms with Crippen molar-refractivity contribution in [2.75, 3.05) is 25.0 Å². The molecule has 1 atom stereocenters. The maximum absolute atomic E-state index is 12.0. The van der Waals surface area contributed by atoms with Gasteiger partial charge in [-0.1, -0.05) is 18.2 Å². The summed E-state index contributed by atoms with van der Waals surface area (Å²) in [6.07, 6.45) is 1.97. The molecule has 1 aromatic rings. The summed E-state index contributed by atoms with van der Waals surface area (Å²) >= 11 is 0. The van der Waals surface area contributed by atoms with Gasteiger partial charge in [0.15, 0.2) is 0 Å². The summed E-state index contributed by atoms with van der Waals surface area (Å²) in [5.41, 5.74) is 0.809. The highest BCUT2D eigenvalue weighted by atomic mass is 16.3. The predicted molar refractivity (Wildman–Crippen MR) is 66.8 cm³/mol. The first kappa shape index (κ1) is 11.9. The number of nitrogens with zero attached hydrogens (tertiary/aromatic N) is 1. The van der Waals surface area contributed by atoms with Gasteiger partial charge < -0.3 is 15.3 Å². The molecule has 2 rings (SSSR count). The van der Waals surface area contributed by atoms with Gasteiger partial charge in [-0.2, -0.15) is 0 Å². The summed E-state index contributed by atoms with van der Waals surface area (Å²) in [5.74, 6) is 0.227. The quantitative estimate of drug-likeness (QED) is 0.821. The number of hydrogen-bond acceptors (Lipinski definition) is 2. The summed E-state index contributed by atoms with van der Waals surface area (Å²) in [6.45, 7) is 1.58. The number of amides is 2. The van der Waals surface area contributed by atoms with Crippen molar-refractivity contribution in [2.24, 2.45) is 5.92 Å². The second-order valence-corrected chi connectivity index (χ2v) is 4.43. The Labute approximate surface area is 101 Å². The lowest BCUT2D eigenvalue weighted by Crippen LogP contribution is -2.43. The monoisotopic (exact) mass is 234 g/mol. The second kappa shape index (κ2) is 5.68. The lowest BCUT2D eigenvalue weighted by molar-refractivity contribution is 0.136. The highest BCUT2D eigenvalue weighted by Crippen LogP contribution is 2.17. The van der Waals surface area contributed by atoms with E-state index in [0.29, 0.717) is 6.54 Å².